The van der Waals surface area contributed by atoms with Crippen molar-refractivity contribution < 1.29 is 19.3 Å². The number of nitrogens with one attached hydrogen (secondary N) is 1. The minimum absolute atomic E-state index is 0.150. The molecule has 1 aliphatic heterocycles. The molecule has 5 nitrogen and oxygen atoms in total. The lowest BCUT2D eigenvalue weighted by Crippen LogP contribution is -2.53. The third-order valence-electron chi connectivity index (χ3n) is 3.34. The van der Waals surface area contributed by atoms with Crippen LogP contribution in [0.5, 0.6) is 0 Å². The molecule has 0 aromatic rings. The number of hydrogen-bond donors (Lipinski definition) is 2. The summed E-state index contributed by atoms with van der Waals surface area (Å²) in [5, 5.41) is 13.0. The molecule has 0 atom stereocenters. The summed E-state index contributed by atoms with van der Waals surface area (Å²) in [5.41, 5.74) is -0.179. The van der Waals surface area contributed by atoms with Gasteiger partial charge < -0.3 is 24.6 Å². The van der Waals surface area contributed by atoms with Gasteiger partial charge in [-0.25, -0.2) is 0 Å². The molecule has 0 unspecified atom stereocenters. The topological polar surface area (TPSA) is 60.0 Å². The molecule has 0 aromatic carbocycles. The molecule has 2 N–H and O–H groups in total. The van der Waals surface area contributed by atoms with Crippen LogP contribution in [0.25, 0.3) is 0 Å². The molecule has 18 heavy (non-hydrogen) atoms. The number of aliphatic hydroxyl groups excluding tert-OH is 1. The Morgan fingerprint density at radius 2 is 1.83 bits per heavy atom. The predicted molar refractivity (Wildman–Crippen MR) is 69.5 cm³/mol. The van der Waals surface area contributed by atoms with Crippen molar-refractivity contribution in [3.63, 3.8) is 0 Å². The van der Waals surface area contributed by atoms with E-state index in [4.69, 9.17) is 14.2 Å². The Balaban J connectivity index is 2.28. The lowest BCUT2D eigenvalue weighted by molar-refractivity contribution is -0.139. The molecule has 0 saturated carbocycles. The largest absolute Gasteiger partial charge is 0.394 e. The van der Waals surface area contributed by atoms with Crippen molar-refractivity contribution in [2.75, 3.05) is 39.6 Å². The van der Waals surface area contributed by atoms with Gasteiger partial charge >= 0.3 is 0 Å². The Bertz CT molecular complexity index is 201. The smallest absolute Gasteiger partial charge is 0.158 e. The highest BCUT2D eigenvalue weighted by Gasteiger charge is 2.31. The molecule has 0 aromatic heterocycles. The van der Waals surface area contributed by atoms with Gasteiger partial charge in [-0.15, -0.1) is 0 Å². The number of rotatable bonds is 9. The van der Waals surface area contributed by atoms with Crippen molar-refractivity contribution in [3.8, 4) is 0 Å². The zero-order valence-electron chi connectivity index (χ0n) is 11.6. The van der Waals surface area contributed by atoms with E-state index in [1.807, 2.05) is 13.8 Å². The molecular weight excluding hydrogens is 234 g/mol. The number of aliphatic hydroxyl groups is 1. The first kappa shape index (κ1) is 15.9. The molecule has 108 valence electrons. The minimum Gasteiger partial charge on any atom is -0.394 e. The van der Waals surface area contributed by atoms with Crippen LogP contribution in [0.4, 0.5) is 0 Å². The van der Waals surface area contributed by atoms with Gasteiger partial charge in [0.05, 0.1) is 6.61 Å². The fourth-order valence-electron chi connectivity index (χ4n) is 2.19. The van der Waals surface area contributed by atoms with Crippen LogP contribution in [-0.2, 0) is 14.2 Å². The Kier molecular flexibility index (Phi) is 7.77. The quantitative estimate of drug-likeness (QED) is 0.604. The average molecular weight is 261 g/mol. The van der Waals surface area contributed by atoms with Crippen molar-refractivity contribution in [1.29, 1.82) is 0 Å². The second-order valence-corrected chi connectivity index (χ2v) is 4.61. The maximum atomic E-state index is 9.53. The number of ether oxygens (including phenoxy) is 3. The van der Waals surface area contributed by atoms with E-state index in [0.29, 0.717) is 26.4 Å². The number of hydrogen-bond acceptors (Lipinski definition) is 5. The molecule has 1 heterocycles. The normalized spacial score (nSPS) is 19.3. The van der Waals surface area contributed by atoms with Gasteiger partial charge in [0.2, 0.25) is 0 Å². The van der Waals surface area contributed by atoms with Crippen molar-refractivity contribution in [2.45, 2.75) is 44.9 Å². The summed E-state index contributed by atoms with van der Waals surface area (Å²) >= 11 is 0. The van der Waals surface area contributed by atoms with Gasteiger partial charge in [-0.3, -0.25) is 0 Å². The summed E-state index contributed by atoms with van der Waals surface area (Å²) < 4.78 is 16.3. The highest BCUT2D eigenvalue weighted by atomic mass is 16.7. The Morgan fingerprint density at radius 3 is 2.33 bits per heavy atom. The van der Waals surface area contributed by atoms with Crippen molar-refractivity contribution in [1.82, 2.24) is 5.32 Å². The molecule has 0 radical (unpaired) electrons. The van der Waals surface area contributed by atoms with E-state index < -0.39 is 0 Å². The first-order valence-electron chi connectivity index (χ1n) is 6.93. The monoisotopic (exact) mass is 261 g/mol. The summed E-state index contributed by atoms with van der Waals surface area (Å²) in [6, 6.07) is 0. The summed E-state index contributed by atoms with van der Waals surface area (Å²) in [5.74, 6) is 0. The van der Waals surface area contributed by atoms with Crippen molar-refractivity contribution in [2.24, 2.45) is 0 Å². The summed E-state index contributed by atoms with van der Waals surface area (Å²) in [6.07, 6.45) is 2.36. The maximum Gasteiger partial charge on any atom is 0.158 e. The van der Waals surface area contributed by atoms with Gasteiger partial charge in [-0.2, -0.15) is 0 Å². The van der Waals surface area contributed by atoms with E-state index in [2.05, 4.69) is 5.32 Å². The van der Waals surface area contributed by atoms with Crippen molar-refractivity contribution >= 4 is 0 Å². The third-order valence-corrected chi connectivity index (χ3v) is 3.34. The van der Waals surface area contributed by atoms with Crippen LogP contribution >= 0.6 is 0 Å². The SMILES string of the molecule is CCOC(CCNC1(CO)CCOCC1)OCC. The fraction of sp³-hybridized carbons (Fsp3) is 1.00. The molecule has 1 fully saturated rings. The first-order valence-corrected chi connectivity index (χ1v) is 6.93. The maximum absolute atomic E-state index is 9.53. The van der Waals surface area contributed by atoms with Gasteiger partial charge in [-0.1, -0.05) is 0 Å². The molecule has 0 amide bonds. The molecule has 1 rings (SSSR count). The van der Waals surface area contributed by atoms with Gasteiger partial charge in [0.1, 0.15) is 0 Å². The van der Waals surface area contributed by atoms with E-state index in [-0.39, 0.29) is 18.4 Å². The van der Waals surface area contributed by atoms with Crippen LogP contribution in [0.3, 0.4) is 0 Å². The Morgan fingerprint density at radius 1 is 1.22 bits per heavy atom. The second kappa shape index (κ2) is 8.82. The average Bonchev–Trinajstić information content (AvgIpc) is 2.40. The van der Waals surface area contributed by atoms with E-state index in [0.717, 1.165) is 25.8 Å². The lowest BCUT2D eigenvalue weighted by atomic mass is 9.91. The van der Waals surface area contributed by atoms with Crippen LogP contribution in [0.2, 0.25) is 0 Å². The fourth-order valence-corrected chi connectivity index (χ4v) is 2.19. The van der Waals surface area contributed by atoms with Crippen LogP contribution in [0, 0.1) is 0 Å². The highest BCUT2D eigenvalue weighted by Crippen LogP contribution is 2.20. The Labute approximate surface area is 110 Å². The van der Waals surface area contributed by atoms with Crippen LogP contribution in [0.15, 0.2) is 0 Å². The zero-order valence-corrected chi connectivity index (χ0v) is 11.6. The summed E-state index contributed by atoms with van der Waals surface area (Å²) in [6.45, 7) is 7.62. The van der Waals surface area contributed by atoms with Gasteiger partial charge in [0.25, 0.3) is 0 Å². The van der Waals surface area contributed by atoms with Crippen molar-refractivity contribution in [3.05, 3.63) is 0 Å². The standard InChI is InChI=1S/C13H27NO4/c1-3-17-12(18-4-2)5-8-14-13(11-15)6-9-16-10-7-13/h12,14-15H,3-11H2,1-2H3. The zero-order chi connectivity index (χ0) is 13.3. The first-order chi connectivity index (χ1) is 8.76. The summed E-state index contributed by atoms with van der Waals surface area (Å²) in [7, 11) is 0. The van der Waals surface area contributed by atoms with Crippen LogP contribution in [0.1, 0.15) is 33.1 Å². The molecular formula is C13H27NO4. The van der Waals surface area contributed by atoms with E-state index in [1.165, 1.54) is 0 Å². The van der Waals surface area contributed by atoms with E-state index in [9.17, 15) is 5.11 Å². The highest BCUT2D eigenvalue weighted by molar-refractivity contribution is 4.89. The van der Waals surface area contributed by atoms with Gasteiger partial charge in [0, 0.05) is 44.9 Å². The van der Waals surface area contributed by atoms with E-state index in [1.54, 1.807) is 0 Å². The molecule has 5 heteroatoms. The van der Waals surface area contributed by atoms with Gasteiger partial charge in [0.15, 0.2) is 6.29 Å². The van der Waals surface area contributed by atoms with Crippen LogP contribution in [-0.4, -0.2) is 56.5 Å². The molecule has 0 bridgehead atoms. The predicted octanol–water partition coefficient (Wildman–Crippen LogP) is 0.907. The van der Waals surface area contributed by atoms with E-state index >= 15 is 0 Å². The van der Waals surface area contributed by atoms with Crippen LogP contribution < -0.4 is 5.32 Å². The molecule has 1 aliphatic rings. The minimum atomic E-state index is -0.179. The third kappa shape index (κ3) is 5.20. The lowest BCUT2D eigenvalue weighted by Gasteiger charge is -2.37. The molecule has 1 saturated heterocycles. The summed E-state index contributed by atoms with van der Waals surface area (Å²) in [4.78, 5) is 0. The molecule has 0 spiro atoms. The van der Waals surface area contributed by atoms with Gasteiger partial charge in [-0.05, 0) is 26.7 Å². The molecule has 0 aliphatic carbocycles. The second-order valence-electron chi connectivity index (χ2n) is 4.61. The Hall–Kier alpha value is -0.200.